The van der Waals surface area contributed by atoms with Gasteiger partial charge in [-0.25, -0.2) is 4.79 Å². The van der Waals surface area contributed by atoms with Gasteiger partial charge in [0.15, 0.2) is 0 Å². The van der Waals surface area contributed by atoms with Crippen LogP contribution in [-0.4, -0.2) is 59.1 Å². The standard InChI is InChI=1S/C7H9NO2S.C3H7NO/c9-7(10)5-2-4-11-6-1-3-8(5)6;1-4(2)3-5/h2,6H,1,3-4H2,(H,9,10);3H,1-2H3. The lowest BCUT2D eigenvalue weighted by molar-refractivity contribution is -0.135. The highest BCUT2D eigenvalue weighted by molar-refractivity contribution is 8.00. The van der Waals surface area contributed by atoms with Crippen molar-refractivity contribution in [1.82, 2.24) is 9.80 Å². The minimum atomic E-state index is -0.782. The molecule has 2 heterocycles. The summed E-state index contributed by atoms with van der Waals surface area (Å²) >= 11 is 1.82. The molecular weight excluding hydrogens is 228 g/mol. The third-order valence-electron chi connectivity index (χ3n) is 2.27. The first-order valence-corrected chi connectivity index (χ1v) is 6.04. The maximum Gasteiger partial charge on any atom is 0.351 e. The van der Waals surface area contributed by atoms with Gasteiger partial charge in [-0.1, -0.05) is 0 Å². The molecule has 0 aromatic heterocycles. The molecule has 2 rings (SSSR count). The van der Waals surface area contributed by atoms with Gasteiger partial charge in [0, 0.05) is 26.4 Å². The molecule has 2 aliphatic heterocycles. The molecular formula is C10H16N2O3S. The Kier molecular flexibility index (Phi) is 4.67. The van der Waals surface area contributed by atoms with Crippen LogP contribution in [-0.2, 0) is 9.59 Å². The topological polar surface area (TPSA) is 60.9 Å². The Morgan fingerprint density at radius 2 is 2.31 bits per heavy atom. The van der Waals surface area contributed by atoms with Crippen LogP contribution in [0, 0.1) is 0 Å². The molecule has 1 amide bonds. The van der Waals surface area contributed by atoms with E-state index in [1.54, 1.807) is 20.2 Å². The van der Waals surface area contributed by atoms with Crippen LogP contribution >= 0.6 is 11.8 Å². The Morgan fingerprint density at radius 1 is 1.69 bits per heavy atom. The van der Waals surface area contributed by atoms with Gasteiger partial charge in [-0.05, 0) is 12.5 Å². The summed E-state index contributed by atoms with van der Waals surface area (Å²) in [5, 5.41) is 9.19. The summed E-state index contributed by atoms with van der Waals surface area (Å²) in [7, 11) is 3.38. The van der Waals surface area contributed by atoms with E-state index in [-0.39, 0.29) is 0 Å². The Morgan fingerprint density at radius 3 is 2.62 bits per heavy atom. The van der Waals surface area contributed by atoms with Crippen LogP contribution < -0.4 is 0 Å². The highest BCUT2D eigenvalue weighted by atomic mass is 32.2. The van der Waals surface area contributed by atoms with Gasteiger partial charge in [0.1, 0.15) is 5.70 Å². The first kappa shape index (κ1) is 12.9. The van der Waals surface area contributed by atoms with E-state index < -0.39 is 5.97 Å². The van der Waals surface area contributed by atoms with Crippen LogP contribution in [0.3, 0.4) is 0 Å². The lowest BCUT2D eigenvalue weighted by Crippen LogP contribution is -2.48. The first-order chi connectivity index (χ1) is 7.56. The summed E-state index contributed by atoms with van der Waals surface area (Å²) in [6, 6.07) is 0. The van der Waals surface area contributed by atoms with E-state index in [0.717, 1.165) is 25.1 Å². The van der Waals surface area contributed by atoms with E-state index in [0.29, 0.717) is 11.1 Å². The molecule has 0 aromatic carbocycles. The summed E-state index contributed by atoms with van der Waals surface area (Å²) in [5.41, 5.74) is 0.500. The quantitative estimate of drug-likeness (QED) is 0.714. The van der Waals surface area contributed by atoms with Crippen LogP contribution in [0.25, 0.3) is 0 Å². The summed E-state index contributed by atoms with van der Waals surface area (Å²) in [4.78, 5) is 23.5. The second kappa shape index (κ2) is 5.79. The normalized spacial score (nSPS) is 21.8. The van der Waals surface area contributed by atoms with E-state index in [1.165, 1.54) is 4.90 Å². The molecule has 90 valence electrons. The molecule has 0 bridgehead atoms. The third-order valence-corrected chi connectivity index (χ3v) is 3.50. The third kappa shape index (κ3) is 3.16. The predicted octanol–water partition coefficient (Wildman–Crippen LogP) is 0.438. The van der Waals surface area contributed by atoms with Gasteiger partial charge in [0.25, 0.3) is 0 Å². The second-order valence-corrected chi connectivity index (χ2v) is 4.94. The average molecular weight is 244 g/mol. The van der Waals surface area contributed by atoms with Crippen molar-refractivity contribution in [1.29, 1.82) is 0 Å². The molecule has 1 atom stereocenters. The largest absolute Gasteiger partial charge is 0.477 e. The number of nitrogens with zero attached hydrogens (tertiary/aromatic N) is 2. The number of hydrogen-bond donors (Lipinski definition) is 1. The number of carboxylic acids is 1. The molecule has 2 aliphatic rings. The van der Waals surface area contributed by atoms with E-state index in [9.17, 15) is 9.59 Å². The van der Waals surface area contributed by atoms with Crippen LogP contribution in [0.2, 0.25) is 0 Å². The monoisotopic (exact) mass is 244 g/mol. The molecule has 0 spiro atoms. The van der Waals surface area contributed by atoms with Gasteiger partial charge in [-0.2, -0.15) is 0 Å². The average Bonchev–Trinajstić information content (AvgIpc) is 2.20. The number of carbonyl (C=O) groups is 2. The van der Waals surface area contributed by atoms with Crippen molar-refractivity contribution in [3.05, 3.63) is 11.8 Å². The van der Waals surface area contributed by atoms with Crippen molar-refractivity contribution in [2.75, 3.05) is 26.4 Å². The molecule has 1 saturated heterocycles. The molecule has 16 heavy (non-hydrogen) atoms. The Bertz CT molecular complexity index is 304. The van der Waals surface area contributed by atoms with E-state index >= 15 is 0 Å². The summed E-state index contributed by atoms with van der Waals surface area (Å²) < 4.78 is 0. The smallest absolute Gasteiger partial charge is 0.351 e. The van der Waals surface area contributed by atoms with Gasteiger partial charge >= 0.3 is 5.97 Å². The highest BCUT2D eigenvalue weighted by Crippen LogP contribution is 2.35. The highest BCUT2D eigenvalue weighted by Gasteiger charge is 2.34. The minimum Gasteiger partial charge on any atom is -0.477 e. The van der Waals surface area contributed by atoms with Crippen molar-refractivity contribution in [3.8, 4) is 0 Å². The van der Waals surface area contributed by atoms with E-state index in [4.69, 9.17) is 5.11 Å². The number of carboxylic acid groups (broad SMARTS) is 1. The van der Waals surface area contributed by atoms with E-state index in [2.05, 4.69) is 0 Å². The maximum absolute atomic E-state index is 10.6. The van der Waals surface area contributed by atoms with Crippen molar-refractivity contribution < 1.29 is 14.7 Å². The lowest BCUT2D eigenvalue weighted by atomic mass is 10.2. The molecule has 0 aliphatic carbocycles. The number of rotatable bonds is 2. The van der Waals surface area contributed by atoms with Gasteiger partial charge in [-0.3, -0.25) is 4.79 Å². The number of thioether (sulfide) groups is 1. The fourth-order valence-electron chi connectivity index (χ4n) is 1.38. The van der Waals surface area contributed by atoms with Gasteiger partial charge in [-0.15, -0.1) is 11.8 Å². The first-order valence-electron chi connectivity index (χ1n) is 4.99. The fourth-order valence-corrected chi connectivity index (χ4v) is 2.53. The summed E-state index contributed by atoms with van der Waals surface area (Å²) in [6.45, 7) is 0.913. The molecule has 0 aromatic rings. The van der Waals surface area contributed by atoms with E-state index in [1.807, 2.05) is 16.7 Å². The van der Waals surface area contributed by atoms with Crippen molar-refractivity contribution >= 4 is 24.1 Å². The number of hydrogen-bond acceptors (Lipinski definition) is 4. The minimum absolute atomic E-state index is 0.450. The van der Waals surface area contributed by atoms with Crippen molar-refractivity contribution in [2.24, 2.45) is 0 Å². The van der Waals surface area contributed by atoms with Gasteiger partial charge in [0.05, 0.1) is 5.37 Å². The number of carbonyl (C=O) groups excluding carboxylic acids is 1. The molecule has 1 unspecified atom stereocenters. The zero-order valence-corrected chi connectivity index (χ0v) is 10.2. The number of amides is 1. The second-order valence-electron chi connectivity index (χ2n) is 3.73. The Hall–Kier alpha value is -1.17. The van der Waals surface area contributed by atoms with Crippen molar-refractivity contribution in [2.45, 2.75) is 11.8 Å². The predicted molar refractivity (Wildman–Crippen MR) is 63.0 cm³/mol. The Balaban J connectivity index is 0.000000221. The van der Waals surface area contributed by atoms with Crippen molar-refractivity contribution in [3.63, 3.8) is 0 Å². The maximum atomic E-state index is 10.6. The SMILES string of the molecule is CN(C)C=O.O=C(O)C1=CCSC2CCN12. The molecule has 0 saturated carbocycles. The molecule has 1 N–H and O–H groups in total. The van der Waals surface area contributed by atoms with Gasteiger partial charge < -0.3 is 14.9 Å². The summed E-state index contributed by atoms with van der Waals surface area (Å²) in [6.07, 6.45) is 3.68. The molecule has 1 fully saturated rings. The van der Waals surface area contributed by atoms with Crippen LogP contribution in [0.15, 0.2) is 11.8 Å². The van der Waals surface area contributed by atoms with Crippen LogP contribution in [0.4, 0.5) is 0 Å². The fraction of sp³-hybridized carbons (Fsp3) is 0.600. The lowest BCUT2D eigenvalue weighted by Gasteiger charge is -2.44. The molecule has 0 radical (unpaired) electrons. The van der Waals surface area contributed by atoms with Gasteiger partial charge in [0.2, 0.25) is 6.41 Å². The van der Waals surface area contributed by atoms with Crippen LogP contribution in [0.5, 0.6) is 0 Å². The zero-order valence-electron chi connectivity index (χ0n) is 9.42. The Labute approximate surface area is 99.1 Å². The molecule has 6 heteroatoms. The number of aliphatic carboxylic acids is 1. The number of fused-ring (bicyclic) bond motifs is 1. The van der Waals surface area contributed by atoms with Crippen LogP contribution in [0.1, 0.15) is 6.42 Å². The zero-order chi connectivity index (χ0) is 12.1. The molecule has 5 nitrogen and oxygen atoms in total. The summed E-state index contributed by atoms with van der Waals surface area (Å²) in [5.74, 6) is 0.0676.